The summed E-state index contributed by atoms with van der Waals surface area (Å²) in [5.41, 5.74) is 0.981. The molecule has 3 unspecified atom stereocenters. The summed E-state index contributed by atoms with van der Waals surface area (Å²) in [6.07, 6.45) is 0.697. The minimum Gasteiger partial charge on any atom is -0.461 e. The van der Waals surface area contributed by atoms with E-state index in [1.807, 2.05) is 30.3 Å². The molecule has 1 aliphatic carbocycles. The van der Waals surface area contributed by atoms with Crippen LogP contribution in [0.5, 0.6) is 0 Å². The molecule has 0 aliphatic heterocycles. The van der Waals surface area contributed by atoms with Crippen LogP contribution in [-0.4, -0.2) is 22.0 Å². The van der Waals surface area contributed by atoms with Crippen LogP contribution in [0.2, 0.25) is 0 Å². The predicted molar refractivity (Wildman–Crippen MR) is 67.7 cm³/mol. The van der Waals surface area contributed by atoms with Crippen LogP contribution in [0.25, 0.3) is 0 Å². The van der Waals surface area contributed by atoms with E-state index < -0.39 is 6.10 Å². The first-order chi connectivity index (χ1) is 8.16. The smallest absolute Gasteiger partial charge is 0.309 e. The van der Waals surface area contributed by atoms with E-state index in [-0.39, 0.29) is 16.7 Å². The van der Waals surface area contributed by atoms with Crippen molar-refractivity contribution in [1.29, 1.82) is 0 Å². The molecule has 1 fully saturated rings. The minimum absolute atomic E-state index is 0.0109. The van der Waals surface area contributed by atoms with Gasteiger partial charge >= 0.3 is 5.97 Å². The first kappa shape index (κ1) is 12.6. The molecule has 92 valence electrons. The standard InChI is InChI=1S/C13H15BrO3/c14-11-6-10(7-12(11)15)13(16)17-8-9-4-2-1-3-5-9/h1-5,10-12,15H,6-8H2. The van der Waals surface area contributed by atoms with Crippen LogP contribution in [0, 0.1) is 5.92 Å². The van der Waals surface area contributed by atoms with E-state index in [0.29, 0.717) is 19.4 Å². The number of esters is 1. The maximum Gasteiger partial charge on any atom is 0.309 e. The Balaban J connectivity index is 1.82. The molecular formula is C13H15BrO3. The van der Waals surface area contributed by atoms with Crippen LogP contribution >= 0.6 is 15.9 Å². The topological polar surface area (TPSA) is 46.5 Å². The van der Waals surface area contributed by atoms with Crippen LogP contribution in [-0.2, 0) is 16.1 Å². The number of benzene rings is 1. The van der Waals surface area contributed by atoms with Crippen LogP contribution in [0.3, 0.4) is 0 Å². The van der Waals surface area contributed by atoms with Crippen LogP contribution in [0.15, 0.2) is 30.3 Å². The van der Waals surface area contributed by atoms with E-state index in [1.54, 1.807) is 0 Å². The van der Waals surface area contributed by atoms with Crippen molar-refractivity contribution in [3.05, 3.63) is 35.9 Å². The van der Waals surface area contributed by atoms with Gasteiger partial charge in [0.1, 0.15) is 6.61 Å². The van der Waals surface area contributed by atoms with Gasteiger partial charge in [0.2, 0.25) is 0 Å². The molecule has 0 heterocycles. The summed E-state index contributed by atoms with van der Waals surface area (Å²) in [6, 6.07) is 9.59. The third kappa shape index (κ3) is 3.30. The summed E-state index contributed by atoms with van der Waals surface area (Å²) in [7, 11) is 0. The lowest BCUT2D eigenvalue weighted by Crippen LogP contribution is -2.15. The number of hydrogen-bond donors (Lipinski definition) is 1. The van der Waals surface area contributed by atoms with Gasteiger partial charge in [-0.15, -0.1) is 0 Å². The lowest BCUT2D eigenvalue weighted by Gasteiger charge is -2.09. The summed E-state index contributed by atoms with van der Waals surface area (Å²) in [6.45, 7) is 0.305. The molecular weight excluding hydrogens is 284 g/mol. The fourth-order valence-electron chi connectivity index (χ4n) is 2.00. The number of alkyl halides is 1. The Kier molecular flexibility index (Phi) is 4.18. The van der Waals surface area contributed by atoms with Gasteiger partial charge in [-0.05, 0) is 18.4 Å². The summed E-state index contributed by atoms with van der Waals surface area (Å²) in [5.74, 6) is -0.395. The number of halogens is 1. The largest absolute Gasteiger partial charge is 0.461 e. The number of carbonyl (C=O) groups excluding carboxylic acids is 1. The van der Waals surface area contributed by atoms with Gasteiger partial charge in [-0.3, -0.25) is 4.79 Å². The van der Waals surface area contributed by atoms with Crippen molar-refractivity contribution in [3.8, 4) is 0 Å². The molecule has 4 heteroatoms. The van der Waals surface area contributed by atoms with E-state index in [2.05, 4.69) is 15.9 Å². The molecule has 1 aromatic rings. The molecule has 0 bridgehead atoms. The zero-order valence-electron chi connectivity index (χ0n) is 9.38. The van der Waals surface area contributed by atoms with Crippen LogP contribution < -0.4 is 0 Å². The molecule has 1 N–H and O–H groups in total. The number of carbonyl (C=O) groups is 1. The van der Waals surface area contributed by atoms with Gasteiger partial charge in [-0.1, -0.05) is 46.3 Å². The SMILES string of the molecule is O=C(OCc1ccccc1)C1CC(O)C(Br)C1. The Labute approximate surface area is 109 Å². The highest BCUT2D eigenvalue weighted by molar-refractivity contribution is 9.09. The second-order valence-electron chi connectivity index (χ2n) is 4.34. The quantitative estimate of drug-likeness (QED) is 0.688. The average molecular weight is 299 g/mol. The van der Waals surface area contributed by atoms with Crippen molar-refractivity contribution in [3.63, 3.8) is 0 Å². The van der Waals surface area contributed by atoms with Crippen molar-refractivity contribution in [2.24, 2.45) is 5.92 Å². The Morgan fingerprint density at radius 2 is 2.06 bits per heavy atom. The molecule has 2 rings (SSSR count). The Morgan fingerprint density at radius 3 is 2.65 bits per heavy atom. The molecule has 3 atom stereocenters. The van der Waals surface area contributed by atoms with E-state index in [4.69, 9.17) is 4.74 Å². The van der Waals surface area contributed by atoms with Gasteiger partial charge in [0.15, 0.2) is 0 Å². The Morgan fingerprint density at radius 1 is 1.35 bits per heavy atom. The van der Waals surface area contributed by atoms with Crippen molar-refractivity contribution in [1.82, 2.24) is 0 Å². The average Bonchev–Trinajstić information content (AvgIpc) is 2.68. The minimum atomic E-state index is -0.440. The van der Waals surface area contributed by atoms with Crippen molar-refractivity contribution >= 4 is 21.9 Å². The molecule has 1 aromatic carbocycles. The van der Waals surface area contributed by atoms with E-state index in [1.165, 1.54) is 0 Å². The zero-order valence-corrected chi connectivity index (χ0v) is 11.0. The summed E-state index contributed by atoms with van der Waals surface area (Å²) < 4.78 is 5.24. The van der Waals surface area contributed by atoms with Gasteiger partial charge in [-0.25, -0.2) is 0 Å². The maximum absolute atomic E-state index is 11.8. The number of aliphatic hydroxyl groups is 1. The van der Waals surface area contributed by atoms with E-state index in [9.17, 15) is 9.90 Å². The molecule has 1 saturated carbocycles. The van der Waals surface area contributed by atoms with Crippen LogP contribution in [0.1, 0.15) is 18.4 Å². The molecule has 0 aromatic heterocycles. The first-order valence-corrected chi connectivity index (χ1v) is 6.61. The third-order valence-corrected chi connectivity index (χ3v) is 3.99. The third-order valence-electron chi connectivity index (χ3n) is 3.01. The summed E-state index contributed by atoms with van der Waals surface area (Å²) in [4.78, 5) is 11.8. The van der Waals surface area contributed by atoms with Crippen molar-refractivity contribution in [2.75, 3.05) is 0 Å². The molecule has 0 saturated heterocycles. The maximum atomic E-state index is 11.8. The number of ether oxygens (including phenoxy) is 1. The predicted octanol–water partition coefficient (Wildman–Crippen LogP) is 2.26. The highest BCUT2D eigenvalue weighted by Gasteiger charge is 2.36. The molecule has 0 amide bonds. The number of hydrogen-bond acceptors (Lipinski definition) is 3. The van der Waals surface area contributed by atoms with Gasteiger partial charge in [-0.2, -0.15) is 0 Å². The van der Waals surface area contributed by atoms with Gasteiger partial charge in [0.05, 0.1) is 12.0 Å². The van der Waals surface area contributed by atoms with Crippen molar-refractivity contribution in [2.45, 2.75) is 30.4 Å². The molecule has 3 nitrogen and oxygen atoms in total. The Bertz CT molecular complexity index is 370. The molecule has 17 heavy (non-hydrogen) atoms. The van der Waals surface area contributed by atoms with Gasteiger partial charge in [0.25, 0.3) is 0 Å². The zero-order chi connectivity index (χ0) is 12.3. The van der Waals surface area contributed by atoms with Gasteiger partial charge in [0, 0.05) is 4.83 Å². The summed E-state index contributed by atoms with van der Waals surface area (Å²) in [5, 5.41) is 9.55. The first-order valence-electron chi connectivity index (χ1n) is 5.69. The molecule has 1 aliphatic rings. The highest BCUT2D eigenvalue weighted by Crippen LogP contribution is 2.32. The normalized spacial score (nSPS) is 28.0. The lowest BCUT2D eigenvalue weighted by atomic mass is 10.1. The monoisotopic (exact) mass is 298 g/mol. The fraction of sp³-hybridized carbons (Fsp3) is 0.462. The van der Waals surface area contributed by atoms with E-state index >= 15 is 0 Å². The summed E-state index contributed by atoms with van der Waals surface area (Å²) >= 11 is 3.35. The lowest BCUT2D eigenvalue weighted by molar-refractivity contribution is -0.149. The fourth-order valence-corrected chi connectivity index (χ4v) is 2.67. The Hall–Kier alpha value is -0.870. The highest BCUT2D eigenvalue weighted by atomic mass is 79.9. The van der Waals surface area contributed by atoms with Crippen LogP contribution in [0.4, 0.5) is 0 Å². The van der Waals surface area contributed by atoms with E-state index in [0.717, 1.165) is 5.56 Å². The van der Waals surface area contributed by atoms with Crippen molar-refractivity contribution < 1.29 is 14.6 Å². The second-order valence-corrected chi connectivity index (χ2v) is 5.52. The number of rotatable bonds is 3. The molecule has 0 radical (unpaired) electrons. The second kappa shape index (κ2) is 5.65. The molecule has 0 spiro atoms. The number of aliphatic hydroxyl groups excluding tert-OH is 1. The van der Waals surface area contributed by atoms with Gasteiger partial charge < -0.3 is 9.84 Å².